The number of fused-ring (bicyclic) bond motifs is 3. The van der Waals surface area contributed by atoms with E-state index in [2.05, 4.69) is 268 Å². The van der Waals surface area contributed by atoms with Crippen molar-refractivity contribution in [3.8, 4) is 103 Å². The molecule has 14 nitrogen and oxygen atoms in total. The first-order valence-electron chi connectivity index (χ1n) is 39.8. The van der Waals surface area contributed by atoms with Gasteiger partial charge in [-0.3, -0.25) is 9.78 Å². The van der Waals surface area contributed by atoms with Gasteiger partial charge in [0.15, 0.2) is 5.78 Å². The SMILES string of the molecule is COc1ccc(-c2ccc(C)c(-c3ccccc3)c2)cc1-c1ccccc1.COc1ccc(-c2ccc(C)cc2)cc1.COc1ccc(C)c2ccccc12.COc1ccc2cc(C)ccc2c1.COc1ccc2ccc(C)cc2c1.COc1cccc(C)c1C#N.COc1cccc(C)c1C(C)=O.COc1cccc(C)n1.COc1cncc(C)n1. The van der Waals surface area contributed by atoms with E-state index in [1.807, 2.05) is 113 Å². The Bertz CT molecular complexity index is 5990. The van der Waals surface area contributed by atoms with Crippen LogP contribution in [0.4, 0.5) is 0 Å². The molecule has 2 aromatic heterocycles. The number of hydrogen-bond donors (Lipinski definition) is 0. The third-order valence-corrected chi connectivity index (χ3v) is 19.5. The fourth-order valence-corrected chi connectivity index (χ4v) is 12.9. The van der Waals surface area contributed by atoms with E-state index in [-0.39, 0.29) is 5.78 Å². The normalized spacial score (nSPS) is 9.95. The van der Waals surface area contributed by atoms with E-state index in [0.29, 0.717) is 34.4 Å². The fraction of sp³-hybridized carbons (Fsp3) is 0.176. The van der Waals surface area contributed by atoms with Crippen LogP contribution >= 0.6 is 0 Å². The lowest BCUT2D eigenvalue weighted by Gasteiger charge is -2.13. The highest BCUT2D eigenvalue weighted by molar-refractivity contribution is 5.98. The molecule has 0 amide bonds. The molecule has 0 saturated heterocycles. The van der Waals surface area contributed by atoms with Crippen molar-refractivity contribution in [1.29, 1.82) is 5.26 Å². The van der Waals surface area contributed by atoms with E-state index in [9.17, 15) is 4.79 Å². The van der Waals surface area contributed by atoms with Gasteiger partial charge in [0.05, 0.1) is 87.0 Å². The van der Waals surface area contributed by atoms with Crippen molar-refractivity contribution in [3.63, 3.8) is 0 Å². The van der Waals surface area contributed by atoms with Gasteiger partial charge in [0, 0.05) is 28.9 Å². The van der Waals surface area contributed by atoms with Gasteiger partial charge in [0.1, 0.15) is 46.3 Å². The summed E-state index contributed by atoms with van der Waals surface area (Å²) in [6.45, 7) is 19.7. The van der Waals surface area contributed by atoms with Gasteiger partial charge in [0.25, 0.3) is 0 Å². The minimum Gasteiger partial charge on any atom is -0.497 e. The van der Waals surface area contributed by atoms with Gasteiger partial charge in [-0.25, -0.2) is 9.97 Å². The summed E-state index contributed by atoms with van der Waals surface area (Å²) in [5.41, 5.74) is 21.1. The Morgan fingerprint density at radius 3 is 1.27 bits per heavy atom. The van der Waals surface area contributed by atoms with Crippen molar-refractivity contribution in [3.05, 3.63) is 383 Å². The number of carbonyl (C=O) groups is 1. The molecule has 0 bridgehead atoms. The maximum atomic E-state index is 11.2. The predicted octanol–water partition coefficient (Wildman–Crippen LogP) is 26.4. The Labute approximate surface area is 720 Å². The zero-order valence-corrected chi connectivity index (χ0v) is 73.5. The van der Waals surface area contributed by atoms with E-state index in [1.54, 1.807) is 95.4 Å². The number of carbonyl (C=O) groups excluding carboxylic acids is 1. The van der Waals surface area contributed by atoms with E-state index >= 15 is 0 Å². The van der Waals surface area contributed by atoms with Crippen molar-refractivity contribution >= 4 is 38.1 Å². The first-order chi connectivity index (χ1) is 59.1. The largest absolute Gasteiger partial charge is 0.497 e. The highest BCUT2D eigenvalue weighted by Crippen LogP contribution is 2.37. The molecule has 2 heterocycles. The number of hydrogen-bond acceptors (Lipinski definition) is 14. The summed E-state index contributed by atoms with van der Waals surface area (Å²) in [6, 6.07) is 107. The van der Waals surface area contributed by atoms with Crippen LogP contribution in [0.5, 0.6) is 52.0 Å². The summed E-state index contributed by atoms with van der Waals surface area (Å²) < 4.78 is 46.1. The summed E-state index contributed by atoms with van der Waals surface area (Å²) in [5.74, 6) is 7.15. The molecule has 0 aliphatic rings. The maximum Gasteiger partial charge on any atom is 0.232 e. The molecule has 14 aromatic carbocycles. The lowest BCUT2D eigenvalue weighted by Crippen LogP contribution is -1.99. The number of aromatic nitrogens is 3. The molecule has 0 unspecified atom stereocenters. The molecule has 16 aromatic rings. The number of pyridine rings is 1. The number of benzene rings is 14. The van der Waals surface area contributed by atoms with Crippen LogP contribution < -0.4 is 42.6 Å². The van der Waals surface area contributed by atoms with Crippen LogP contribution in [-0.2, 0) is 0 Å². The van der Waals surface area contributed by atoms with Crippen LogP contribution in [0.2, 0.25) is 0 Å². The third-order valence-electron chi connectivity index (χ3n) is 19.5. The molecular formula is C108H110N4O10. The zero-order chi connectivity index (χ0) is 87.9. The number of rotatable bonds is 14. The van der Waals surface area contributed by atoms with E-state index in [1.165, 1.54) is 93.5 Å². The van der Waals surface area contributed by atoms with Crippen LogP contribution in [0.3, 0.4) is 0 Å². The second kappa shape index (κ2) is 48.4. The molecule has 0 atom stereocenters. The van der Waals surface area contributed by atoms with Gasteiger partial charge in [-0.15, -0.1) is 0 Å². The molecule has 622 valence electrons. The Morgan fingerprint density at radius 2 is 0.738 bits per heavy atom. The van der Waals surface area contributed by atoms with E-state index < -0.39 is 0 Å². The van der Waals surface area contributed by atoms with Gasteiger partial charge in [-0.1, -0.05) is 241 Å². The van der Waals surface area contributed by atoms with Gasteiger partial charge in [-0.05, 0) is 236 Å². The molecule has 0 aliphatic heterocycles. The van der Waals surface area contributed by atoms with Crippen molar-refractivity contribution in [2.24, 2.45) is 0 Å². The quantitative estimate of drug-likeness (QED) is 0.0945. The molecule has 0 spiro atoms. The minimum atomic E-state index is 0.0463. The lowest BCUT2D eigenvalue weighted by atomic mass is 9.93. The lowest BCUT2D eigenvalue weighted by molar-refractivity contribution is 0.101. The Kier molecular flexibility index (Phi) is 36.8. The number of nitriles is 1. The molecule has 0 fully saturated rings. The van der Waals surface area contributed by atoms with Gasteiger partial charge >= 0.3 is 0 Å². The number of nitrogens with zero attached hydrogens (tertiary/aromatic N) is 4. The Balaban J connectivity index is 0.000000175. The van der Waals surface area contributed by atoms with Crippen molar-refractivity contribution in [2.45, 2.75) is 69.2 Å². The van der Waals surface area contributed by atoms with Crippen molar-refractivity contribution in [1.82, 2.24) is 15.0 Å². The fourth-order valence-electron chi connectivity index (χ4n) is 12.9. The Morgan fingerprint density at radius 1 is 0.287 bits per heavy atom. The number of aryl methyl sites for hydroxylation is 9. The van der Waals surface area contributed by atoms with Crippen molar-refractivity contribution in [2.75, 3.05) is 64.0 Å². The molecule has 0 aliphatic carbocycles. The first-order valence-corrected chi connectivity index (χ1v) is 39.8. The molecule has 0 radical (unpaired) electrons. The minimum absolute atomic E-state index is 0.0463. The zero-order valence-electron chi connectivity index (χ0n) is 73.5. The maximum absolute atomic E-state index is 11.2. The number of ether oxygens (including phenoxy) is 9. The summed E-state index contributed by atoms with van der Waals surface area (Å²) in [4.78, 5) is 23.1. The highest BCUT2D eigenvalue weighted by Gasteiger charge is 2.13. The number of ketones is 1. The average Bonchev–Trinajstić information content (AvgIpc) is 0.799. The third kappa shape index (κ3) is 27.8. The monoisotopic (exact) mass is 1620 g/mol. The Hall–Kier alpha value is -14.6. The molecule has 0 saturated carbocycles. The van der Waals surface area contributed by atoms with Crippen LogP contribution in [-0.4, -0.2) is 84.7 Å². The second-order valence-corrected chi connectivity index (χ2v) is 28.3. The number of methoxy groups -OCH3 is 9. The van der Waals surface area contributed by atoms with Crippen LogP contribution in [0.1, 0.15) is 73.2 Å². The number of Topliss-reactive ketones (excluding diaryl/α,β-unsaturated/α-hetero) is 1. The molecular weight excluding hydrogens is 1510 g/mol. The summed E-state index contributed by atoms with van der Waals surface area (Å²) in [5, 5.41) is 16.1. The smallest absolute Gasteiger partial charge is 0.232 e. The topological polar surface area (TPSA) is 163 Å². The highest BCUT2D eigenvalue weighted by atomic mass is 16.5. The first kappa shape index (κ1) is 93.0. The van der Waals surface area contributed by atoms with Gasteiger partial charge in [-0.2, -0.15) is 5.26 Å². The van der Waals surface area contributed by atoms with Gasteiger partial charge < -0.3 is 42.6 Å². The molecule has 16 rings (SSSR count). The van der Waals surface area contributed by atoms with Crippen LogP contribution in [0.25, 0.3) is 76.8 Å². The standard InChI is InChI=1S/C26H22O.C14H14O.3C12H12O.C10H12O2.C9H9NO.C7H9NO.C6H8N2O/c1-19-13-14-22(17-24(19)20-9-5-3-6-10-20)23-15-16-26(27-2)25(18-23)21-11-7-4-8-12-21;1-11-3-5-12(6-4-11)13-7-9-14(15-2)10-8-13;1-9-3-4-11-8-12(13-2)6-5-10(11)7-9;1-9-3-4-10-5-6-12(13-2)8-11(10)7-9;1-9-7-8-12(13-2)11-6-4-3-5-10(9)11;1-7-5-4-6-9(12-3)10(7)8(2)11;1-7-4-3-5-9(11-2)8(7)6-10;1-6-4-3-5-7(8-6)9-2;1-5-3-7-4-6(8-5)9-2/h3-18H,1-2H3;3-10H,1-2H3;3*3-8H,1-2H3;4-6H,1-3H3;3-5H,1-2H3;3-5H,1-2H3;3-4H,1-2H3. The summed E-state index contributed by atoms with van der Waals surface area (Å²) >= 11 is 0. The van der Waals surface area contributed by atoms with Crippen LogP contribution in [0.15, 0.2) is 322 Å². The summed E-state index contributed by atoms with van der Waals surface area (Å²) in [7, 11) is 14.8. The van der Waals surface area contributed by atoms with Gasteiger partial charge in [0.2, 0.25) is 11.8 Å². The molecule has 14 heteroatoms. The van der Waals surface area contributed by atoms with Crippen molar-refractivity contribution < 1.29 is 47.4 Å². The van der Waals surface area contributed by atoms with E-state index in [4.69, 9.17) is 47.9 Å². The van der Waals surface area contributed by atoms with Crippen LogP contribution in [0, 0.1) is 73.6 Å². The molecule has 0 N–H and O–H groups in total. The average molecular weight is 1620 g/mol. The summed E-state index contributed by atoms with van der Waals surface area (Å²) in [6.07, 6.45) is 3.26. The second-order valence-electron chi connectivity index (χ2n) is 28.3. The molecule has 122 heavy (non-hydrogen) atoms. The predicted molar refractivity (Wildman–Crippen MR) is 502 cm³/mol. The van der Waals surface area contributed by atoms with E-state index in [0.717, 1.165) is 62.4 Å².